The molecule has 1 aliphatic rings. The maximum Gasteiger partial charge on any atom is 0.311 e. The Balaban J connectivity index is 3.06. The van der Waals surface area contributed by atoms with Crippen LogP contribution in [0.2, 0.25) is 0 Å². The van der Waals surface area contributed by atoms with Gasteiger partial charge in [-0.1, -0.05) is 0 Å². The van der Waals surface area contributed by atoms with E-state index in [-0.39, 0.29) is 0 Å². The van der Waals surface area contributed by atoms with Crippen LogP contribution in [0.5, 0.6) is 0 Å². The van der Waals surface area contributed by atoms with Crippen molar-refractivity contribution in [3.63, 3.8) is 0 Å². The van der Waals surface area contributed by atoms with Gasteiger partial charge in [-0.15, -0.1) is 0 Å². The molecule has 9 heteroatoms. The maximum atomic E-state index is 12.5. The largest absolute Gasteiger partial charge is 0.462 e. The first-order valence-corrected chi connectivity index (χ1v) is 9.96. The Morgan fingerprint density at radius 2 is 1.20 bits per heavy atom. The van der Waals surface area contributed by atoms with E-state index in [1.807, 2.05) is 0 Å². The van der Waals surface area contributed by atoms with Crippen LogP contribution in [0.3, 0.4) is 0 Å². The molecule has 0 radical (unpaired) electrons. The zero-order chi connectivity index (χ0) is 23.7. The third-order valence-electron chi connectivity index (χ3n) is 4.31. The Hall–Kier alpha value is -1.71. The Kier molecular flexibility index (Phi) is 8.07. The fourth-order valence-corrected chi connectivity index (χ4v) is 2.31. The molecule has 0 saturated carbocycles. The van der Waals surface area contributed by atoms with Crippen molar-refractivity contribution < 1.29 is 43.5 Å². The van der Waals surface area contributed by atoms with Gasteiger partial charge in [0.05, 0.1) is 16.2 Å². The zero-order valence-corrected chi connectivity index (χ0v) is 19.3. The number of rotatable bonds is 5. The molecule has 1 aliphatic heterocycles. The van der Waals surface area contributed by atoms with Crippen LogP contribution >= 0.6 is 0 Å². The summed E-state index contributed by atoms with van der Waals surface area (Å²) >= 11 is 0. The molecule has 174 valence electrons. The second kappa shape index (κ2) is 9.20. The normalized spacial score (nSPS) is 26.1. The number of ether oxygens (including phenoxy) is 4. The van der Waals surface area contributed by atoms with Crippen molar-refractivity contribution in [2.24, 2.45) is 16.2 Å². The van der Waals surface area contributed by atoms with Crippen LogP contribution in [-0.2, 0) is 33.3 Å². The predicted molar refractivity (Wildman–Crippen MR) is 106 cm³/mol. The zero-order valence-electron chi connectivity index (χ0n) is 19.3. The van der Waals surface area contributed by atoms with Crippen LogP contribution in [0, 0.1) is 16.2 Å². The molecular formula is C21H36O9. The van der Waals surface area contributed by atoms with Gasteiger partial charge in [0.15, 0.2) is 18.5 Å². The summed E-state index contributed by atoms with van der Waals surface area (Å²) in [5.74, 6) is -1.81. The SMILES string of the molecule is CC(C)(C)C(=O)OC[C@@H](O)[C@@H]1O[C@H](O)[C@H](OC(=O)C(C)(C)C)[C@H]1OC(=O)C(C)(C)C. The molecule has 30 heavy (non-hydrogen) atoms. The summed E-state index contributed by atoms with van der Waals surface area (Å²) in [6, 6.07) is 0. The number of hydrogen-bond acceptors (Lipinski definition) is 9. The smallest absolute Gasteiger partial charge is 0.311 e. The number of aliphatic hydroxyl groups excluding tert-OH is 2. The highest BCUT2D eigenvalue weighted by molar-refractivity contribution is 5.77. The summed E-state index contributed by atoms with van der Waals surface area (Å²) in [5, 5.41) is 20.8. The molecule has 5 atom stereocenters. The molecule has 0 bridgehead atoms. The molecule has 1 rings (SSSR count). The van der Waals surface area contributed by atoms with Crippen LogP contribution < -0.4 is 0 Å². The first-order chi connectivity index (χ1) is 13.4. The quantitative estimate of drug-likeness (QED) is 0.491. The van der Waals surface area contributed by atoms with E-state index in [4.69, 9.17) is 18.9 Å². The van der Waals surface area contributed by atoms with Crippen LogP contribution in [0.25, 0.3) is 0 Å². The van der Waals surface area contributed by atoms with Gasteiger partial charge < -0.3 is 29.2 Å². The molecule has 1 heterocycles. The first-order valence-electron chi connectivity index (χ1n) is 9.96. The lowest BCUT2D eigenvalue weighted by Crippen LogP contribution is -2.48. The van der Waals surface area contributed by atoms with E-state index in [1.54, 1.807) is 62.3 Å². The third kappa shape index (κ3) is 6.92. The third-order valence-corrected chi connectivity index (χ3v) is 4.31. The monoisotopic (exact) mass is 432 g/mol. The lowest BCUT2D eigenvalue weighted by molar-refractivity contribution is -0.186. The van der Waals surface area contributed by atoms with Gasteiger partial charge in [0.1, 0.15) is 18.8 Å². The molecule has 0 aromatic rings. The fraction of sp³-hybridized carbons (Fsp3) is 0.857. The lowest BCUT2D eigenvalue weighted by atomic mass is 9.96. The maximum absolute atomic E-state index is 12.5. The Morgan fingerprint density at radius 3 is 1.60 bits per heavy atom. The average Bonchev–Trinajstić information content (AvgIpc) is 2.86. The van der Waals surface area contributed by atoms with Crippen LogP contribution in [-0.4, -0.2) is 65.4 Å². The summed E-state index contributed by atoms with van der Waals surface area (Å²) in [5.41, 5.74) is -2.55. The number of hydrogen-bond donors (Lipinski definition) is 2. The van der Waals surface area contributed by atoms with Crippen molar-refractivity contribution in [1.82, 2.24) is 0 Å². The highest BCUT2D eigenvalue weighted by Crippen LogP contribution is 2.32. The van der Waals surface area contributed by atoms with Crippen LogP contribution in [0.1, 0.15) is 62.3 Å². The second-order valence-corrected chi connectivity index (χ2v) is 10.6. The van der Waals surface area contributed by atoms with Gasteiger partial charge in [-0.3, -0.25) is 14.4 Å². The number of carbonyl (C=O) groups is 3. The molecule has 0 amide bonds. The van der Waals surface area contributed by atoms with Gasteiger partial charge in [0, 0.05) is 0 Å². The van der Waals surface area contributed by atoms with Gasteiger partial charge in [0.25, 0.3) is 0 Å². The first kappa shape index (κ1) is 26.3. The van der Waals surface area contributed by atoms with E-state index in [0.29, 0.717) is 0 Å². The van der Waals surface area contributed by atoms with Gasteiger partial charge in [-0.25, -0.2) is 0 Å². The van der Waals surface area contributed by atoms with E-state index in [2.05, 4.69) is 0 Å². The highest BCUT2D eigenvalue weighted by atomic mass is 16.7. The van der Waals surface area contributed by atoms with E-state index < -0.39 is 71.5 Å². The molecule has 1 saturated heterocycles. The molecule has 1 fully saturated rings. The number of esters is 3. The topological polar surface area (TPSA) is 129 Å². The van der Waals surface area contributed by atoms with Gasteiger partial charge in [0.2, 0.25) is 0 Å². The Morgan fingerprint density at radius 1 is 0.800 bits per heavy atom. The van der Waals surface area contributed by atoms with Crippen molar-refractivity contribution in [1.29, 1.82) is 0 Å². The summed E-state index contributed by atoms with van der Waals surface area (Å²) in [6.07, 6.45) is -6.96. The second-order valence-electron chi connectivity index (χ2n) is 10.6. The van der Waals surface area contributed by atoms with Crippen molar-refractivity contribution >= 4 is 17.9 Å². The molecule has 0 aliphatic carbocycles. The summed E-state index contributed by atoms with van der Waals surface area (Å²) in [7, 11) is 0. The van der Waals surface area contributed by atoms with E-state index in [9.17, 15) is 24.6 Å². The van der Waals surface area contributed by atoms with E-state index in [1.165, 1.54) is 0 Å². The average molecular weight is 433 g/mol. The minimum atomic E-state index is -1.63. The molecule has 0 unspecified atom stereocenters. The van der Waals surface area contributed by atoms with Crippen molar-refractivity contribution in [2.45, 2.75) is 93.0 Å². The molecule has 9 nitrogen and oxygen atoms in total. The predicted octanol–water partition coefficient (Wildman–Crippen LogP) is 1.57. The fourth-order valence-electron chi connectivity index (χ4n) is 2.31. The van der Waals surface area contributed by atoms with E-state index >= 15 is 0 Å². The molecule has 0 aromatic carbocycles. The number of carbonyl (C=O) groups excluding carboxylic acids is 3. The molecular weight excluding hydrogens is 396 g/mol. The van der Waals surface area contributed by atoms with Crippen molar-refractivity contribution in [3.8, 4) is 0 Å². The van der Waals surface area contributed by atoms with Gasteiger partial charge in [-0.05, 0) is 62.3 Å². The summed E-state index contributed by atoms with van der Waals surface area (Å²) in [4.78, 5) is 36.8. The Bertz CT molecular complexity index is 636. The molecule has 2 N–H and O–H groups in total. The molecule has 0 spiro atoms. The molecule has 0 aromatic heterocycles. The minimum Gasteiger partial charge on any atom is -0.462 e. The summed E-state index contributed by atoms with van der Waals surface area (Å²) in [6.45, 7) is 14.3. The minimum absolute atomic E-state index is 0.447. The van der Waals surface area contributed by atoms with Crippen molar-refractivity contribution in [2.75, 3.05) is 6.61 Å². The van der Waals surface area contributed by atoms with Gasteiger partial charge in [-0.2, -0.15) is 0 Å². The standard InChI is InChI=1S/C21H36O9/c1-19(2,3)16(24)27-10-11(22)12-13(29-17(25)20(4,5)6)14(15(23)28-12)30-18(26)21(7,8)9/h11-15,22-23H,10H2,1-9H3/t11-,12+,13+,14-,15+/m1/s1. The Labute approximate surface area is 178 Å². The summed E-state index contributed by atoms with van der Waals surface area (Å²) < 4.78 is 21.3. The number of aliphatic hydroxyl groups is 2. The van der Waals surface area contributed by atoms with Crippen LogP contribution in [0.4, 0.5) is 0 Å². The highest BCUT2D eigenvalue weighted by Gasteiger charge is 2.53. The van der Waals surface area contributed by atoms with Gasteiger partial charge >= 0.3 is 17.9 Å². The lowest BCUT2D eigenvalue weighted by Gasteiger charge is -2.30. The van der Waals surface area contributed by atoms with Crippen LogP contribution in [0.15, 0.2) is 0 Å². The van der Waals surface area contributed by atoms with Crippen molar-refractivity contribution in [3.05, 3.63) is 0 Å². The van der Waals surface area contributed by atoms with E-state index in [0.717, 1.165) is 0 Å².